The van der Waals surface area contributed by atoms with Gasteiger partial charge < -0.3 is 9.64 Å². The molecule has 7 heteroatoms. The Kier molecular flexibility index (Phi) is 6.11. The Morgan fingerprint density at radius 2 is 2.12 bits per heavy atom. The standard InChI is InChI=1S/C19H20BrN3O2S/c1-3-23-17(16(20)10-21-23)11-22(2)19(24)18-9-14(13-26-18)12-25-15-7-5-4-6-8-15/h4-10,13H,3,11-12H2,1-2H3. The fourth-order valence-corrected chi connectivity index (χ4v) is 3.86. The van der Waals surface area contributed by atoms with Gasteiger partial charge in [0, 0.05) is 19.2 Å². The van der Waals surface area contributed by atoms with Crippen molar-refractivity contribution in [3.05, 3.63) is 68.6 Å². The summed E-state index contributed by atoms with van der Waals surface area (Å²) in [5.41, 5.74) is 1.99. The number of thiophene rings is 1. The van der Waals surface area contributed by atoms with Crippen molar-refractivity contribution in [3.8, 4) is 5.75 Å². The van der Waals surface area contributed by atoms with Gasteiger partial charge in [0.05, 0.1) is 27.8 Å². The third-order valence-corrected chi connectivity index (χ3v) is 5.57. The van der Waals surface area contributed by atoms with Crippen LogP contribution in [0.1, 0.15) is 27.9 Å². The zero-order valence-electron chi connectivity index (χ0n) is 14.7. The predicted octanol–water partition coefficient (Wildman–Crippen LogP) is 4.58. The molecule has 0 saturated carbocycles. The molecule has 2 aromatic heterocycles. The van der Waals surface area contributed by atoms with Crippen LogP contribution in [0.2, 0.25) is 0 Å². The molecule has 0 unspecified atom stereocenters. The van der Waals surface area contributed by atoms with Crippen molar-refractivity contribution in [3.63, 3.8) is 0 Å². The van der Waals surface area contributed by atoms with E-state index in [-0.39, 0.29) is 5.91 Å². The van der Waals surface area contributed by atoms with Crippen molar-refractivity contribution in [2.24, 2.45) is 0 Å². The number of aryl methyl sites for hydroxylation is 1. The SMILES string of the molecule is CCn1ncc(Br)c1CN(C)C(=O)c1cc(COc2ccccc2)cs1. The number of aromatic nitrogens is 2. The zero-order valence-corrected chi connectivity index (χ0v) is 17.1. The molecular formula is C19H20BrN3O2S. The number of rotatable bonds is 7. The molecule has 0 N–H and O–H groups in total. The minimum absolute atomic E-state index is 0.00304. The van der Waals surface area contributed by atoms with Gasteiger partial charge in [-0.2, -0.15) is 5.10 Å². The van der Waals surface area contributed by atoms with Gasteiger partial charge in [-0.05, 0) is 46.4 Å². The highest BCUT2D eigenvalue weighted by Gasteiger charge is 2.18. The first-order chi connectivity index (χ1) is 12.6. The lowest BCUT2D eigenvalue weighted by atomic mass is 10.3. The van der Waals surface area contributed by atoms with E-state index in [9.17, 15) is 4.79 Å². The van der Waals surface area contributed by atoms with E-state index in [4.69, 9.17) is 4.74 Å². The molecular weight excluding hydrogens is 414 g/mol. The normalized spacial score (nSPS) is 10.7. The molecule has 26 heavy (non-hydrogen) atoms. The van der Waals surface area contributed by atoms with E-state index in [1.807, 2.05) is 60.4 Å². The van der Waals surface area contributed by atoms with Gasteiger partial charge >= 0.3 is 0 Å². The molecule has 3 rings (SSSR count). The average Bonchev–Trinajstić information content (AvgIpc) is 3.27. The van der Waals surface area contributed by atoms with Crippen molar-refractivity contribution >= 4 is 33.2 Å². The van der Waals surface area contributed by atoms with Gasteiger partial charge in [-0.1, -0.05) is 18.2 Å². The summed E-state index contributed by atoms with van der Waals surface area (Å²) < 4.78 is 8.55. The van der Waals surface area contributed by atoms with Gasteiger partial charge in [-0.25, -0.2) is 0 Å². The number of carbonyl (C=O) groups excluding carboxylic acids is 1. The summed E-state index contributed by atoms with van der Waals surface area (Å²) in [6.07, 6.45) is 1.77. The molecule has 0 saturated heterocycles. The molecule has 0 atom stereocenters. The third-order valence-electron chi connectivity index (χ3n) is 3.94. The van der Waals surface area contributed by atoms with E-state index in [1.165, 1.54) is 11.3 Å². The van der Waals surface area contributed by atoms with Crippen LogP contribution in [0.25, 0.3) is 0 Å². The number of benzene rings is 1. The maximum absolute atomic E-state index is 12.7. The minimum atomic E-state index is -0.00304. The summed E-state index contributed by atoms with van der Waals surface area (Å²) in [7, 11) is 1.81. The van der Waals surface area contributed by atoms with Gasteiger partial charge in [0.1, 0.15) is 12.4 Å². The van der Waals surface area contributed by atoms with Crippen LogP contribution in [0.5, 0.6) is 5.75 Å². The molecule has 0 fully saturated rings. The van der Waals surface area contributed by atoms with Crippen LogP contribution >= 0.6 is 27.3 Å². The van der Waals surface area contributed by atoms with Crippen molar-refractivity contribution in [2.75, 3.05) is 7.05 Å². The van der Waals surface area contributed by atoms with Crippen molar-refractivity contribution in [1.29, 1.82) is 0 Å². The van der Waals surface area contributed by atoms with Gasteiger partial charge in [0.15, 0.2) is 0 Å². The number of carbonyl (C=O) groups is 1. The van der Waals surface area contributed by atoms with E-state index < -0.39 is 0 Å². The smallest absolute Gasteiger partial charge is 0.264 e. The van der Waals surface area contributed by atoms with Crippen LogP contribution in [-0.4, -0.2) is 27.6 Å². The first-order valence-corrected chi connectivity index (χ1v) is 9.96. The van der Waals surface area contributed by atoms with Crippen LogP contribution in [0, 0.1) is 0 Å². The summed E-state index contributed by atoms with van der Waals surface area (Å²) in [4.78, 5) is 15.1. The highest BCUT2D eigenvalue weighted by Crippen LogP contribution is 2.22. The number of ether oxygens (including phenoxy) is 1. The van der Waals surface area contributed by atoms with Crippen molar-refractivity contribution < 1.29 is 9.53 Å². The zero-order chi connectivity index (χ0) is 18.5. The second kappa shape index (κ2) is 8.51. The van der Waals surface area contributed by atoms with Crippen molar-refractivity contribution in [2.45, 2.75) is 26.6 Å². The molecule has 0 aliphatic rings. The number of hydrogen-bond donors (Lipinski definition) is 0. The Balaban J connectivity index is 1.62. The van der Waals surface area contributed by atoms with E-state index >= 15 is 0 Å². The molecule has 0 bridgehead atoms. The summed E-state index contributed by atoms with van der Waals surface area (Å²) in [6.45, 7) is 3.75. The summed E-state index contributed by atoms with van der Waals surface area (Å²) >= 11 is 4.95. The first-order valence-electron chi connectivity index (χ1n) is 8.29. The summed E-state index contributed by atoms with van der Waals surface area (Å²) in [5.74, 6) is 0.818. The molecule has 0 spiro atoms. The fourth-order valence-electron chi connectivity index (χ4n) is 2.55. The monoisotopic (exact) mass is 433 g/mol. The number of hydrogen-bond acceptors (Lipinski definition) is 4. The molecule has 136 valence electrons. The minimum Gasteiger partial charge on any atom is -0.489 e. The molecule has 0 aliphatic carbocycles. The van der Waals surface area contributed by atoms with Gasteiger partial charge in [0.2, 0.25) is 0 Å². The second-order valence-electron chi connectivity index (χ2n) is 5.84. The van der Waals surface area contributed by atoms with Gasteiger partial charge in [-0.15, -0.1) is 11.3 Å². The van der Waals surface area contributed by atoms with Crippen LogP contribution in [0.4, 0.5) is 0 Å². The molecule has 1 aromatic carbocycles. The average molecular weight is 434 g/mol. The number of halogens is 1. The van der Waals surface area contributed by atoms with E-state index in [0.717, 1.165) is 28.0 Å². The Morgan fingerprint density at radius 3 is 2.85 bits per heavy atom. The van der Waals surface area contributed by atoms with Crippen LogP contribution in [0.3, 0.4) is 0 Å². The maximum Gasteiger partial charge on any atom is 0.264 e. The molecule has 3 aromatic rings. The first kappa shape index (κ1) is 18.7. The molecule has 0 radical (unpaired) electrons. The lowest BCUT2D eigenvalue weighted by Crippen LogP contribution is -2.27. The quantitative estimate of drug-likeness (QED) is 0.547. The topological polar surface area (TPSA) is 47.4 Å². The molecule has 1 amide bonds. The van der Waals surface area contributed by atoms with Gasteiger partial charge in [0.25, 0.3) is 5.91 Å². The fraction of sp³-hybridized carbons (Fsp3) is 0.263. The summed E-state index contributed by atoms with van der Waals surface area (Å²) in [5, 5.41) is 6.26. The van der Waals surface area contributed by atoms with Crippen LogP contribution < -0.4 is 4.74 Å². The van der Waals surface area contributed by atoms with E-state index in [2.05, 4.69) is 21.0 Å². The highest BCUT2D eigenvalue weighted by molar-refractivity contribution is 9.10. The third kappa shape index (κ3) is 4.34. The molecule has 0 aliphatic heterocycles. The lowest BCUT2D eigenvalue weighted by molar-refractivity contribution is 0.0786. The number of para-hydroxylation sites is 1. The Hall–Kier alpha value is -2.12. The number of amides is 1. The highest BCUT2D eigenvalue weighted by atomic mass is 79.9. The van der Waals surface area contributed by atoms with E-state index in [1.54, 1.807) is 11.1 Å². The summed E-state index contributed by atoms with van der Waals surface area (Å²) in [6, 6.07) is 11.6. The largest absolute Gasteiger partial charge is 0.489 e. The molecule has 2 heterocycles. The van der Waals surface area contributed by atoms with Crippen LogP contribution in [0.15, 0.2) is 52.4 Å². The molecule has 5 nitrogen and oxygen atoms in total. The number of nitrogens with zero attached hydrogens (tertiary/aromatic N) is 3. The van der Waals surface area contributed by atoms with Crippen molar-refractivity contribution in [1.82, 2.24) is 14.7 Å². The van der Waals surface area contributed by atoms with Gasteiger partial charge in [-0.3, -0.25) is 9.48 Å². The lowest BCUT2D eigenvalue weighted by Gasteiger charge is -2.17. The Bertz CT molecular complexity index is 876. The Labute approximate surface area is 165 Å². The van der Waals surface area contributed by atoms with Crippen LogP contribution in [-0.2, 0) is 19.7 Å². The Morgan fingerprint density at radius 1 is 1.35 bits per heavy atom. The maximum atomic E-state index is 12.7. The second-order valence-corrected chi connectivity index (χ2v) is 7.60. The van der Waals surface area contributed by atoms with E-state index in [0.29, 0.717) is 18.0 Å². The predicted molar refractivity (Wildman–Crippen MR) is 106 cm³/mol.